The molecule has 1 aliphatic carbocycles. The van der Waals surface area contributed by atoms with E-state index in [-0.39, 0.29) is 11.3 Å². The molecule has 1 aromatic rings. The Morgan fingerprint density at radius 1 is 1.57 bits per heavy atom. The van der Waals surface area contributed by atoms with Crippen LogP contribution in [0.2, 0.25) is 0 Å². The number of carbonyl (C=O) groups is 1. The minimum atomic E-state index is -0.161. The molecule has 1 amide bonds. The van der Waals surface area contributed by atoms with Crippen molar-refractivity contribution in [1.82, 2.24) is 4.98 Å². The van der Waals surface area contributed by atoms with Gasteiger partial charge in [0.05, 0.1) is 0 Å². The molecule has 0 spiro atoms. The summed E-state index contributed by atoms with van der Waals surface area (Å²) in [4.78, 5) is 15.9. The highest BCUT2D eigenvalue weighted by atomic mass is 32.1. The third-order valence-corrected chi connectivity index (χ3v) is 3.60. The van der Waals surface area contributed by atoms with Gasteiger partial charge < -0.3 is 5.32 Å². The van der Waals surface area contributed by atoms with Crippen LogP contribution < -0.4 is 5.32 Å². The van der Waals surface area contributed by atoms with Gasteiger partial charge in [0.25, 0.3) is 0 Å². The molecule has 0 bridgehead atoms. The molecule has 76 valence electrons. The third-order valence-electron chi connectivity index (χ3n) is 2.91. The molecule has 14 heavy (non-hydrogen) atoms. The van der Waals surface area contributed by atoms with Gasteiger partial charge in [0.2, 0.25) is 5.91 Å². The summed E-state index contributed by atoms with van der Waals surface area (Å²) in [6.45, 7) is 2.04. The normalized spacial score (nSPS) is 19.5. The van der Waals surface area contributed by atoms with Crippen molar-refractivity contribution in [3.63, 3.8) is 0 Å². The molecule has 1 fully saturated rings. The molecular weight excluding hydrogens is 196 g/mol. The summed E-state index contributed by atoms with van der Waals surface area (Å²) in [6.07, 6.45) is 6.05. The van der Waals surface area contributed by atoms with Crippen LogP contribution >= 0.6 is 11.3 Å². The summed E-state index contributed by atoms with van der Waals surface area (Å²) in [5.74, 6) is 0.130. The third kappa shape index (κ3) is 1.80. The van der Waals surface area contributed by atoms with Crippen LogP contribution in [0.15, 0.2) is 11.6 Å². The van der Waals surface area contributed by atoms with Crippen LogP contribution in [0, 0.1) is 5.41 Å². The average molecular weight is 210 g/mol. The topological polar surface area (TPSA) is 42.0 Å². The van der Waals surface area contributed by atoms with E-state index in [4.69, 9.17) is 0 Å². The highest BCUT2D eigenvalue weighted by Gasteiger charge is 2.36. The second kappa shape index (κ2) is 3.69. The van der Waals surface area contributed by atoms with Gasteiger partial charge in [-0.15, -0.1) is 11.3 Å². The Hall–Kier alpha value is -0.900. The molecule has 0 aliphatic heterocycles. The number of rotatable bonds is 2. The second-order valence-electron chi connectivity index (χ2n) is 4.06. The molecule has 1 N–H and O–H groups in total. The van der Waals surface area contributed by atoms with Gasteiger partial charge in [-0.3, -0.25) is 4.79 Å². The molecular formula is C10H14N2OS. The molecule has 0 aromatic carbocycles. The van der Waals surface area contributed by atoms with Crippen LogP contribution in [0.25, 0.3) is 0 Å². The largest absolute Gasteiger partial charge is 0.302 e. The van der Waals surface area contributed by atoms with E-state index in [1.165, 1.54) is 24.2 Å². The first-order chi connectivity index (χ1) is 6.71. The first-order valence-corrected chi connectivity index (χ1v) is 5.80. The summed E-state index contributed by atoms with van der Waals surface area (Å²) < 4.78 is 0. The number of anilines is 1. The highest BCUT2D eigenvalue weighted by molar-refractivity contribution is 7.13. The van der Waals surface area contributed by atoms with Crippen molar-refractivity contribution >= 4 is 22.4 Å². The first kappa shape index (κ1) is 9.65. The Morgan fingerprint density at radius 2 is 2.29 bits per heavy atom. The van der Waals surface area contributed by atoms with Gasteiger partial charge in [0, 0.05) is 17.0 Å². The van der Waals surface area contributed by atoms with Crippen LogP contribution in [0.4, 0.5) is 5.13 Å². The number of carbonyl (C=O) groups excluding carboxylic acids is 1. The standard InChI is InChI=1S/C10H14N2OS/c1-10(4-2-3-5-10)8(13)12-9-11-6-7-14-9/h6-7H,2-5H2,1H3,(H,11,12,13). The van der Waals surface area contributed by atoms with Gasteiger partial charge in [-0.05, 0) is 12.8 Å². The van der Waals surface area contributed by atoms with Gasteiger partial charge in [0.1, 0.15) is 0 Å². The summed E-state index contributed by atoms with van der Waals surface area (Å²) >= 11 is 1.47. The fourth-order valence-corrected chi connectivity index (χ4v) is 2.44. The molecule has 1 saturated carbocycles. The lowest BCUT2D eigenvalue weighted by Gasteiger charge is -2.21. The lowest BCUT2D eigenvalue weighted by atomic mass is 9.88. The second-order valence-corrected chi connectivity index (χ2v) is 4.95. The number of hydrogen-bond acceptors (Lipinski definition) is 3. The molecule has 1 aliphatic rings. The minimum Gasteiger partial charge on any atom is -0.302 e. The minimum absolute atomic E-state index is 0.130. The predicted octanol–water partition coefficient (Wildman–Crippen LogP) is 2.66. The summed E-state index contributed by atoms with van der Waals surface area (Å²) in [7, 11) is 0. The molecule has 2 rings (SSSR count). The number of amides is 1. The number of nitrogens with one attached hydrogen (secondary N) is 1. The van der Waals surface area contributed by atoms with Crippen molar-refractivity contribution in [2.24, 2.45) is 5.41 Å². The SMILES string of the molecule is CC1(C(=O)Nc2nccs2)CCCC1. The number of aromatic nitrogens is 1. The Morgan fingerprint density at radius 3 is 2.86 bits per heavy atom. The summed E-state index contributed by atoms with van der Waals surface area (Å²) in [5, 5.41) is 5.45. The molecule has 0 radical (unpaired) electrons. The van der Waals surface area contributed by atoms with E-state index in [0.29, 0.717) is 5.13 Å². The van der Waals surface area contributed by atoms with Crippen LogP contribution in [-0.4, -0.2) is 10.9 Å². The van der Waals surface area contributed by atoms with Gasteiger partial charge in [-0.1, -0.05) is 19.8 Å². The summed E-state index contributed by atoms with van der Waals surface area (Å²) in [5.41, 5.74) is -0.161. The molecule has 0 unspecified atom stereocenters. The van der Waals surface area contributed by atoms with E-state index in [9.17, 15) is 4.79 Å². The maximum Gasteiger partial charge on any atom is 0.232 e. The lowest BCUT2D eigenvalue weighted by molar-refractivity contribution is -0.124. The van der Waals surface area contributed by atoms with Crippen LogP contribution in [-0.2, 0) is 4.79 Å². The van der Waals surface area contributed by atoms with Gasteiger partial charge >= 0.3 is 0 Å². The quantitative estimate of drug-likeness (QED) is 0.815. The van der Waals surface area contributed by atoms with Gasteiger partial charge in [0.15, 0.2) is 5.13 Å². The fraction of sp³-hybridized carbons (Fsp3) is 0.600. The molecule has 1 aromatic heterocycles. The zero-order valence-electron chi connectivity index (χ0n) is 8.25. The van der Waals surface area contributed by atoms with Crippen LogP contribution in [0.1, 0.15) is 32.6 Å². The van der Waals surface area contributed by atoms with Crippen LogP contribution in [0.3, 0.4) is 0 Å². The Bertz CT molecular complexity index is 315. The number of nitrogens with zero attached hydrogens (tertiary/aromatic N) is 1. The maximum atomic E-state index is 11.9. The summed E-state index contributed by atoms with van der Waals surface area (Å²) in [6, 6.07) is 0. The number of thiazole rings is 1. The molecule has 1 heterocycles. The molecule has 0 saturated heterocycles. The Labute approximate surface area is 87.6 Å². The van der Waals surface area contributed by atoms with Crippen molar-refractivity contribution in [2.75, 3.05) is 5.32 Å². The van der Waals surface area contributed by atoms with Crippen LogP contribution in [0.5, 0.6) is 0 Å². The Kier molecular flexibility index (Phi) is 2.54. The maximum absolute atomic E-state index is 11.9. The Balaban J connectivity index is 2.02. The smallest absolute Gasteiger partial charge is 0.232 e. The zero-order valence-corrected chi connectivity index (χ0v) is 9.06. The average Bonchev–Trinajstić information content (AvgIpc) is 2.76. The van der Waals surface area contributed by atoms with Crippen molar-refractivity contribution in [3.05, 3.63) is 11.6 Å². The fourth-order valence-electron chi connectivity index (χ4n) is 1.92. The highest BCUT2D eigenvalue weighted by Crippen LogP contribution is 2.38. The van der Waals surface area contributed by atoms with E-state index in [2.05, 4.69) is 10.3 Å². The number of hydrogen-bond donors (Lipinski definition) is 1. The predicted molar refractivity (Wildman–Crippen MR) is 57.3 cm³/mol. The van der Waals surface area contributed by atoms with E-state index in [1.807, 2.05) is 12.3 Å². The zero-order chi connectivity index (χ0) is 10.0. The molecule has 0 atom stereocenters. The monoisotopic (exact) mass is 210 g/mol. The van der Waals surface area contributed by atoms with Gasteiger partial charge in [-0.25, -0.2) is 4.98 Å². The van der Waals surface area contributed by atoms with E-state index < -0.39 is 0 Å². The van der Waals surface area contributed by atoms with E-state index in [1.54, 1.807) is 6.20 Å². The lowest BCUT2D eigenvalue weighted by Crippen LogP contribution is -2.30. The van der Waals surface area contributed by atoms with Crippen molar-refractivity contribution in [3.8, 4) is 0 Å². The van der Waals surface area contributed by atoms with Crippen molar-refractivity contribution in [2.45, 2.75) is 32.6 Å². The van der Waals surface area contributed by atoms with Crippen molar-refractivity contribution < 1.29 is 4.79 Å². The van der Waals surface area contributed by atoms with Crippen molar-refractivity contribution in [1.29, 1.82) is 0 Å². The van der Waals surface area contributed by atoms with Gasteiger partial charge in [-0.2, -0.15) is 0 Å². The van der Waals surface area contributed by atoms with E-state index in [0.717, 1.165) is 12.8 Å². The first-order valence-electron chi connectivity index (χ1n) is 4.92. The molecule has 3 nitrogen and oxygen atoms in total. The van der Waals surface area contributed by atoms with E-state index >= 15 is 0 Å². The molecule has 4 heteroatoms.